The third-order valence-electron chi connectivity index (χ3n) is 3.49. The zero-order valence-electron chi connectivity index (χ0n) is 14.6. The number of esters is 1. The number of aromatic nitrogens is 2. The Bertz CT molecular complexity index is 986. The van der Waals surface area contributed by atoms with Gasteiger partial charge in [-0.3, -0.25) is 24.3 Å². The van der Waals surface area contributed by atoms with Crippen molar-refractivity contribution in [2.75, 3.05) is 0 Å². The Balaban J connectivity index is 2.75. The molecule has 2 rings (SSSR count). The van der Waals surface area contributed by atoms with Gasteiger partial charge in [-0.2, -0.15) is 0 Å². The Hall–Kier alpha value is -3.30. The quantitative estimate of drug-likeness (QED) is 0.491. The number of hydrogen-bond donors (Lipinski definition) is 1. The minimum Gasteiger partial charge on any atom is -0.477 e. The maximum absolute atomic E-state index is 12.5. The van der Waals surface area contributed by atoms with Gasteiger partial charge in [0, 0.05) is 10.9 Å². The third-order valence-corrected chi connectivity index (χ3v) is 3.49. The van der Waals surface area contributed by atoms with E-state index < -0.39 is 40.1 Å². The van der Waals surface area contributed by atoms with Crippen LogP contribution in [0.5, 0.6) is 0 Å². The van der Waals surface area contributed by atoms with Crippen LogP contribution in [-0.4, -0.2) is 37.1 Å². The van der Waals surface area contributed by atoms with Crippen LogP contribution in [0.1, 0.15) is 36.7 Å². The lowest BCUT2D eigenvalue weighted by molar-refractivity contribution is -0.385. The van der Waals surface area contributed by atoms with Crippen molar-refractivity contribution in [3.05, 3.63) is 43.9 Å². The van der Waals surface area contributed by atoms with Crippen LogP contribution >= 0.6 is 0 Å². The first kappa shape index (κ1) is 19.0. The Labute approximate surface area is 147 Å². The Kier molecular flexibility index (Phi) is 4.79. The molecule has 0 aliphatic carbocycles. The molecule has 26 heavy (non-hydrogen) atoms. The molecule has 0 unspecified atom stereocenters. The number of nitro groups is 1. The van der Waals surface area contributed by atoms with E-state index in [1.54, 1.807) is 20.8 Å². The molecule has 2 aromatic rings. The van der Waals surface area contributed by atoms with Crippen molar-refractivity contribution in [3.63, 3.8) is 0 Å². The number of aromatic carboxylic acids is 1. The second-order valence-electron chi connectivity index (χ2n) is 6.60. The molecule has 0 saturated carbocycles. The Morgan fingerprint density at radius 3 is 2.50 bits per heavy atom. The number of aryl methyl sites for hydroxylation is 1. The van der Waals surface area contributed by atoms with E-state index in [0.717, 1.165) is 16.8 Å². The van der Waals surface area contributed by atoms with Gasteiger partial charge in [-0.15, -0.1) is 0 Å². The number of carboxylic acid groups (broad SMARTS) is 1. The fourth-order valence-electron chi connectivity index (χ4n) is 2.42. The summed E-state index contributed by atoms with van der Waals surface area (Å²) in [7, 11) is 0. The summed E-state index contributed by atoms with van der Waals surface area (Å²) in [5.74, 6) is -2.28. The van der Waals surface area contributed by atoms with Gasteiger partial charge in [-0.25, -0.2) is 9.78 Å². The van der Waals surface area contributed by atoms with Crippen LogP contribution in [0.3, 0.4) is 0 Å². The van der Waals surface area contributed by atoms with Crippen LogP contribution in [0.15, 0.2) is 17.1 Å². The molecule has 0 amide bonds. The van der Waals surface area contributed by atoms with Crippen LogP contribution in [-0.2, 0) is 16.1 Å². The Morgan fingerprint density at radius 2 is 2.00 bits per heavy atom. The second kappa shape index (κ2) is 6.54. The van der Waals surface area contributed by atoms with Crippen molar-refractivity contribution in [3.8, 4) is 0 Å². The predicted octanol–water partition coefficient (Wildman–Crippen LogP) is 1.65. The summed E-state index contributed by atoms with van der Waals surface area (Å²) in [6, 6.07) is 1.03. The number of carbonyl (C=O) groups excluding carboxylic acids is 1. The molecule has 10 heteroatoms. The highest BCUT2D eigenvalue weighted by Crippen LogP contribution is 2.25. The van der Waals surface area contributed by atoms with Gasteiger partial charge in [0.2, 0.25) is 0 Å². The first-order valence-electron chi connectivity index (χ1n) is 7.55. The lowest BCUT2D eigenvalue weighted by atomic mass is 10.1. The van der Waals surface area contributed by atoms with Crippen LogP contribution < -0.4 is 5.56 Å². The molecule has 0 bridgehead atoms. The molecular weight excluding hydrogens is 346 g/mol. The average molecular weight is 363 g/mol. The van der Waals surface area contributed by atoms with Crippen molar-refractivity contribution in [1.82, 2.24) is 9.55 Å². The van der Waals surface area contributed by atoms with Crippen LogP contribution in [0.2, 0.25) is 0 Å². The van der Waals surface area contributed by atoms with Gasteiger partial charge in [0.15, 0.2) is 0 Å². The second-order valence-corrected chi connectivity index (χ2v) is 6.60. The standard InChI is InChI=1S/C16H17N3O7/c1-8-9-5-10(15(22)23)14(21)18(7-12(20)26-16(2,3)4)13(9)17-6-11(8)19(24)25/h5-6H,7H2,1-4H3,(H,22,23). The van der Waals surface area contributed by atoms with Crippen molar-refractivity contribution < 1.29 is 24.4 Å². The number of rotatable bonds is 4. The molecule has 2 heterocycles. The van der Waals surface area contributed by atoms with Gasteiger partial charge in [-0.1, -0.05) is 0 Å². The van der Waals surface area contributed by atoms with E-state index in [-0.39, 0.29) is 22.3 Å². The van der Waals surface area contributed by atoms with E-state index in [1.807, 2.05) is 0 Å². The highest BCUT2D eigenvalue weighted by Gasteiger charge is 2.24. The van der Waals surface area contributed by atoms with E-state index >= 15 is 0 Å². The molecule has 138 valence electrons. The van der Waals surface area contributed by atoms with Crippen molar-refractivity contribution >= 4 is 28.7 Å². The minimum absolute atomic E-state index is 0.0334. The van der Waals surface area contributed by atoms with E-state index in [2.05, 4.69) is 4.98 Å². The summed E-state index contributed by atoms with van der Waals surface area (Å²) in [6.45, 7) is 5.77. The molecule has 0 aromatic carbocycles. The highest BCUT2D eigenvalue weighted by atomic mass is 16.6. The van der Waals surface area contributed by atoms with Crippen LogP contribution in [0, 0.1) is 17.0 Å². The fourth-order valence-corrected chi connectivity index (χ4v) is 2.42. The maximum atomic E-state index is 12.5. The normalized spacial score (nSPS) is 11.4. The molecule has 0 spiro atoms. The highest BCUT2D eigenvalue weighted by molar-refractivity contribution is 5.93. The first-order chi connectivity index (χ1) is 11.9. The topological polar surface area (TPSA) is 142 Å². The Morgan fingerprint density at radius 1 is 1.38 bits per heavy atom. The van der Waals surface area contributed by atoms with Crippen LogP contribution in [0.4, 0.5) is 5.69 Å². The van der Waals surface area contributed by atoms with E-state index in [0.29, 0.717) is 0 Å². The molecule has 2 aromatic heterocycles. The number of hydrogen-bond acceptors (Lipinski definition) is 7. The lowest BCUT2D eigenvalue weighted by Crippen LogP contribution is -2.33. The van der Waals surface area contributed by atoms with Crippen molar-refractivity contribution in [1.29, 1.82) is 0 Å². The smallest absolute Gasteiger partial charge is 0.341 e. The van der Waals surface area contributed by atoms with Gasteiger partial charge in [0.25, 0.3) is 11.2 Å². The molecule has 0 radical (unpaired) electrons. The summed E-state index contributed by atoms with van der Waals surface area (Å²) in [4.78, 5) is 50.2. The molecule has 0 saturated heterocycles. The van der Waals surface area contributed by atoms with Gasteiger partial charge in [0.1, 0.15) is 29.6 Å². The number of carbonyl (C=O) groups is 2. The first-order valence-corrected chi connectivity index (χ1v) is 7.55. The zero-order valence-corrected chi connectivity index (χ0v) is 14.6. The predicted molar refractivity (Wildman–Crippen MR) is 90.2 cm³/mol. The summed E-state index contributed by atoms with van der Waals surface area (Å²) in [5, 5.41) is 20.4. The largest absolute Gasteiger partial charge is 0.477 e. The van der Waals surface area contributed by atoms with E-state index in [9.17, 15) is 29.6 Å². The zero-order chi connectivity index (χ0) is 19.8. The molecule has 0 atom stereocenters. The lowest BCUT2D eigenvalue weighted by Gasteiger charge is -2.20. The summed E-state index contributed by atoms with van der Waals surface area (Å²) in [5.41, 5.74) is -2.59. The molecule has 0 aliphatic rings. The van der Waals surface area contributed by atoms with Gasteiger partial charge in [-0.05, 0) is 33.8 Å². The fraction of sp³-hybridized carbons (Fsp3) is 0.375. The number of fused-ring (bicyclic) bond motifs is 1. The number of ether oxygens (including phenoxy) is 1. The van der Waals surface area contributed by atoms with Gasteiger partial charge >= 0.3 is 11.9 Å². The summed E-state index contributed by atoms with van der Waals surface area (Å²) in [6.07, 6.45) is 0.961. The van der Waals surface area contributed by atoms with E-state index in [4.69, 9.17) is 4.74 Å². The van der Waals surface area contributed by atoms with Gasteiger partial charge < -0.3 is 9.84 Å². The van der Waals surface area contributed by atoms with E-state index in [1.165, 1.54) is 6.92 Å². The summed E-state index contributed by atoms with van der Waals surface area (Å²) < 4.78 is 6.01. The molecular formula is C16H17N3O7. The summed E-state index contributed by atoms with van der Waals surface area (Å²) >= 11 is 0. The third kappa shape index (κ3) is 3.68. The molecule has 0 fully saturated rings. The van der Waals surface area contributed by atoms with Crippen LogP contribution in [0.25, 0.3) is 11.0 Å². The van der Waals surface area contributed by atoms with Crippen molar-refractivity contribution in [2.45, 2.75) is 39.8 Å². The molecule has 10 nitrogen and oxygen atoms in total. The van der Waals surface area contributed by atoms with Gasteiger partial charge in [0.05, 0.1) is 4.92 Å². The minimum atomic E-state index is -1.51. The maximum Gasteiger partial charge on any atom is 0.341 e. The number of nitrogens with zero attached hydrogens (tertiary/aromatic N) is 3. The monoisotopic (exact) mass is 363 g/mol. The SMILES string of the molecule is Cc1c([N+](=O)[O-])cnc2c1cc(C(=O)O)c(=O)n2CC(=O)OC(C)(C)C. The average Bonchev–Trinajstić information content (AvgIpc) is 2.47. The van der Waals surface area contributed by atoms with Crippen molar-refractivity contribution in [2.24, 2.45) is 0 Å². The molecule has 1 N–H and O–H groups in total. The molecule has 0 aliphatic heterocycles. The number of carboxylic acids is 1. The number of pyridine rings is 2.